The van der Waals surface area contributed by atoms with Crippen LogP contribution in [0.15, 0.2) is 77.4 Å². The lowest BCUT2D eigenvalue weighted by molar-refractivity contribution is -0.117. The fraction of sp³-hybridized carbons (Fsp3) is 0.143. The summed E-state index contributed by atoms with van der Waals surface area (Å²) in [6, 6.07) is 21.7. The van der Waals surface area contributed by atoms with E-state index in [1.807, 2.05) is 42.5 Å². The zero-order chi connectivity index (χ0) is 18.4. The van der Waals surface area contributed by atoms with Crippen LogP contribution >= 0.6 is 0 Å². The van der Waals surface area contributed by atoms with Crippen molar-refractivity contribution in [2.45, 2.75) is 19.0 Å². The molecule has 26 heavy (non-hydrogen) atoms. The Bertz CT molecular complexity index is 899. The van der Waals surface area contributed by atoms with Gasteiger partial charge in [0, 0.05) is 5.69 Å². The molecule has 5 heteroatoms. The second-order valence-electron chi connectivity index (χ2n) is 5.93. The van der Waals surface area contributed by atoms with Crippen molar-refractivity contribution in [3.05, 3.63) is 89.9 Å². The minimum Gasteiger partial charge on any atom is -0.467 e. The summed E-state index contributed by atoms with van der Waals surface area (Å²) < 4.78 is 5.55. The van der Waals surface area contributed by atoms with Crippen LogP contribution in [-0.2, 0) is 4.79 Å². The summed E-state index contributed by atoms with van der Waals surface area (Å²) in [6.07, 6.45) is 1.62. The van der Waals surface area contributed by atoms with Crippen LogP contribution in [0.4, 0.5) is 5.69 Å². The number of nitrogens with zero attached hydrogens (tertiary/aromatic N) is 1. The fourth-order valence-electron chi connectivity index (χ4n) is 2.69. The molecule has 0 radical (unpaired) electrons. The molecule has 0 saturated carbocycles. The van der Waals surface area contributed by atoms with Crippen molar-refractivity contribution in [3.8, 4) is 6.07 Å². The first kappa shape index (κ1) is 17.5. The molecule has 3 aromatic rings. The van der Waals surface area contributed by atoms with Crippen LogP contribution in [0, 0.1) is 11.3 Å². The van der Waals surface area contributed by atoms with E-state index in [1.165, 1.54) is 0 Å². The Labute approximate surface area is 152 Å². The van der Waals surface area contributed by atoms with E-state index < -0.39 is 6.04 Å². The van der Waals surface area contributed by atoms with Crippen molar-refractivity contribution >= 4 is 11.6 Å². The standard InChI is InChI=1S/C21H19N3O2/c1-15(21(25)24-18-10-5-7-16(13-18)14-22)23-20(19-11-6-12-26-19)17-8-3-2-4-9-17/h2-13,15,20,23H,1H3,(H,24,25)/t15-,20-/m1/s1. The van der Waals surface area contributed by atoms with E-state index in [0.29, 0.717) is 11.3 Å². The summed E-state index contributed by atoms with van der Waals surface area (Å²) in [5.41, 5.74) is 2.10. The number of hydrogen-bond donors (Lipinski definition) is 2. The van der Waals surface area contributed by atoms with Crippen LogP contribution in [0.5, 0.6) is 0 Å². The zero-order valence-corrected chi connectivity index (χ0v) is 14.3. The number of nitriles is 1. The Morgan fingerprint density at radius 3 is 2.58 bits per heavy atom. The minimum atomic E-state index is -0.476. The normalized spacial score (nSPS) is 12.8. The molecule has 0 aliphatic rings. The molecule has 0 spiro atoms. The lowest BCUT2D eigenvalue weighted by atomic mass is 10.0. The number of amides is 1. The molecule has 3 rings (SSSR count). The SMILES string of the molecule is C[C@@H](N[C@H](c1ccccc1)c1ccco1)C(=O)Nc1cccc(C#N)c1. The first-order valence-corrected chi connectivity index (χ1v) is 8.33. The summed E-state index contributed by atoms with van der Waals surface area (Å²) in [6.45, 7) is 1.79. The number of anilines is 1. The van der Waals surface area contributed by atoms with Crippen molar-refractivity contribution in [2.24, 2.45) is 0 Å². The van der Waals surface area contributed by atoms with Gasteiger partial charge < -0.3 is 9.73 Å². The van der Waals surface area contributed by atoms with Crippen LogP contribution in [0.25, 0.3) is 0 Å². The molecular weight excluding hydrogens is 326 g/mol. The van der Waals surface area contributed by atoms with Gasteiger partial charge in [-0.3, -0.25) is 10.1 Å². The summed E-state index contributed by atoms with van der Waals surface area (Å²) >= 11 is 0. The van der Waals surface area contributed by atoms with E-state index in [0.717, 1.165) is 11.3 Å². The second-order valence-corrected chi connectivity index (χ2v) is 5.93. The molecule has 0 aliphatic carbocycles. The Morgan fingerprint density at radius 1 is 1.08 bits per heavy atom. The van der Waals surface area contributed by atoms with E-state index in [2.05, 4.69) is 16.7 Å². The van der Waals surface area contributed by atoms with Crippen molar-refractivity contribution in [1.29, 1.82) is 5.26 Å². The maximum Gasteiger partial charge on any atom is 0.241 e. The molecule has 1 amide bonds. The third-order valence-electron chi connectivity index (χ3n) is 4.03. The molecule has 130 valence electrons. The monoisotopic (exact) mass is 345 g/mol. The topological polar surface area (TPSA) is 78.1 Å². The van der Waals surface area contributed by atoms with Crippen LogP contribution in [0.3, 0.4) is 0 Å². The van der Waals surface area contributed by atoms with E-state index in [-0.39, 0.29) is 11.9 Å². The lowest BCUT2D eigenvalue weighted by Gasteiger charge is -2.22. The lowest BCUT2D eigenvalue weighted by Crippen LogP contribution is -2.40. The third-order valence-corrected chi connectivity index (χ3v) is 4.03. The van der Waals surface area contributed by atoms with Crippen molar-refractivity contribution in [3.63, 3.8) is 0 Å². The molecule has 5 nitrogen and oxygen atoms in total. The number of hydrogen-bond acceptors (Lipinski definition) is 4. The summed E-state index contributed by atoms with van der Waals surface area (Å²) in [5.74, 6) is 0.551. The van der Waals surface area contributed by atoms with Gasteiger partial charge >= 0.3 is 0 Å². The molecule has 2 N–H and O–H groups in total. The average Bonchev–Trinajstić information content (AvgIpc) is 3.21. The quantitative estimate of drug-likeness (QED) is 0.711. The Hall–Kier alpha value is -3.36. The van der Waals surface area contributed by atoms with E-state index in [4.69, 9.17) is 9.68 Å². The average molecular weight is 345 g/mol. The first-order chi connectivity index (χ1) is 12.7. The minimum absolute atomic E-state index is 0.187. The third kappa shape index (κ3) is 4.18. The van der Waals surface area contributed by atoms with Gasteiger partial charge in [0.15, 0.2) is 0 Å². The molecule has 2 aromatic carbocycles. The van der Waals surface area contributed by atoms with Gasteiger partial charge in [0.25, 0.3) is 0 Å². The van der Waals surface area contributed by atoms with E-state index in [1.54, 1.807) is 37.5 Å². The van der Waals surface area contributed by atoms with Crippen LogP contribution in [0.2, 0.25) is 0 Å². The number of nitrogens with one attached hydrogen (secondary N) is 2. The first-order valence-electron chi connectivity index (χ1n) is 8.33. The highest BCUT2D eigenvalue weighted by Gasteiger charge is 2.22. The second kappa shape index (κ2) is 8.15. The van der Waals surface area contributed by atoms with Crippen LogP contribution in [0.1, 0.15) is 29.9 Å². The smallest absolute Gasteiger partial charge is 0.241 e. The van der Waals surface area contributed by atoms with Gasteiger partial charge in [-0.05, 0) is 42.8 Å². The van der Waals surface area contributed by atoms with Crippen LogP contribution < -0.4 is 10.6 Å². The number of rotatable bonds is 6. The fourth-order valence-corrected chi connectivity index (χ4v) is 2.69. The molecular formula is C21H19N3O2. The van der Waals surface area contributed by atoms with Crippen molar-refractivity contribution < 1.29 is 9.21 Å². The summed E-state index contributed by atoms with van der Waals surface area (Å²) in [4.78, 5) is 12.6. The largest absolute Gasteiger partial charge is 0.467 e. The Morgan fingerprint density at radius 2 is 1.88 bits per heavy atom. The highest BCUT2D eigenvalue weighted by Crippen LogP contribution is 2.23. The molecule has 0 aliphatic heterocycles. The predicted octanol–water partition coefficient (Wildman–Crippen LogP) is 3.86. The maximum atomic E-state index is 12.6. The number of furan rings is 1. The molecule has 0 fully saturated rings. The molecule has 1 aromatic heterocycles. The van der Waals surface area contributed by atoms with Gasteiger partial charge in [0.2, 0.25) is 5.91 Å². The van der Waals surface area contributed by atoms with Gasteiger partial charge in [0.05, 0.1) is 30.0 Å². The molecule has 1 heterocycles. The van der Waals surface area contributed by atoms with Crippen molar-refractivity contribution in [2.75, 3.05) is 5.32 Å². The van der Waals surface area contributed by atoms with Crippen molar-refractivity contribution in [1.82, 2.24) is 5.32 Å². The highest BCUT2D eigenvalue weighted by molar-refractivity contribution is 5.94. The zero-order valence-electron chi connectivity index (χ0n) is 14.3. The van der Waals surface area contributed by atoms with Gasteiger partial charge in [0.1, 0.15) is 5.76 Å². The molecule has 0 saturated heterocycles. The highest BCUT2D eigenvalue weighted by atomic mass is 16.3. The van der Waals surface area contributed by atoms with E-state index in [9.17, 15) is 4.79 Å². The van der Waals surface area contributed by atoms with Gasteiger partial charge in [-0.1, -0.05) is 36.4 Å². The van der Waals surface area contributed by atoms with Gasteiger partial charge in [-0.15, -0.1) is 0 Å². The summed E-state index contributed by atoms with van der Waals surface area (Å²) in [7, 11) is 0. The molecule has 0 unspecified atom stereocenters. The summed E-state index contributed by atoms with van der Waals surface area (Å²) in [5, 5.41) is 15.1. The Kier molecular flexibility index (Phi) is 5.47. The molecule has 2 atom stereocenters. The number of carbonyl (C=O) groups excluding carboxylic acids is 1. The number of benzene rings is 2. The van der Waals surface area contributed by atoms with Gasteiger partial charge in [-0.25, -0.2) is 0 Å². The van der Waals surface area contributed by atoms with Gasteiger partial charge in [-0.2, -0.15) is 5.26 Å². The Balaban J connectivity index is 1.74. The van der Waals surface area contributed by atoms with Crippen LogP contribution in [-0.4, -0.2) is 11.9 Å². The maximum absolute atomic E-state index is 12.6. The predicted molar refractivity (Wildman–Crippen MR) is 99.4 cm³/mol. The number of carbonyl (C=O) groups is 1. The molecule has 0 bridgehead atoms. The van der Waals surface area contributed by atoms with E-state index >= 15 is 0 Å².